The van der Waals surface area contributed by atoms with E-state index in [0.717, 1.165) is 30.5 Å². The van der Waals surface area contributed by atoms with Gasteiger partial charge in [-0.2, -0.15) is 0 Å². The molecule has 0 radical (unpaired) electrons. The Balaban J connectivity index is 1.88. The van der Waals surface area contributed by atoms with Crippen LogP contribution in [0.15, 0.2) is 47.9 Å². The van der Waals surface area contributed by atoms with E-state index in [2.05, 4.69) is 9.97 Å². The average Bonchev–Trinajstić information content (AvgIpc) is 3.01. The van der Waals surface area contributed by atoms with Crippen molar-refractivity contribution < 1.29 is 13.2 Å². The number of pyridine rings is 2. The van der Waals surface area contributed by atoms with Gasteiger partial charge in [-0.3, -0.25) is 14.2 Å². The van der Waals surface area contributed by atoms with Crippen molar-refractivity contribution >= 4 is 26.9 Å². The molecule has 0 saturated carbocycles. The maximum atomic E-state index is 13.1. The second-order valence-corrected chi connectivity index (χ2v) is 7.91. The van der Waals surface area contributed by atoms with Crippen LogP contribution in [0.5, 0.6) is 0 Å². The van der Waals surface area contributed by atoms with Crippen LogP contribution in [-0.4, -0.2) is 41.5 Å². The Morgan fingerprint density at radius 1 is 1.20 bits per heavy atom. The monoisotopic (exact) mass is 356 g/mol. The Morgan fingerprint density at radius 3 is 2.84 bits per heavy atom. The van der Waals surface area contributed by atoms with Gasteiger partial charge < -0.3 is 4.90 Å². The molecule has 0 saturated heterocycles. The molecule has 0 fully saturated rings. The quantitative estimate of drug-likeness (QED) is 0.698. The van der Waals surface area contributed by atoms with E-state index in [0.29, 0.717) is 12.1 Å². The fourth-order valence-electron chi connectivity index (χ4n) is 3.16. The van der Waals surface area contributed by atoms with Gasteiger partial charge >= 0.3 is 0 Å². The van der Waals surface area contributed by atoms with Crippen molar-refractivity contribution in [3.63, 3.8) is 0 Å². The zero-order valence-electron chi connectivity index (χ0n) is 13.6. The highest BCUT2D eigenvalue weighted by atomic mass is 32.2. The van der Waals surface area contributed by atoms with Gasteiger partial charge in [0, 0.05) is 25.2 Å². The van der Waals surface area contributed by atoms with Crippen LogP contribution in [-0.2, 0) is 16.3 Å². The predicted molar refractivity (Wildman–Crippen MR) is 92.5 cm³/mol. The highest BCUT2D eigenvalue weighted by Crippen LogP contribution is 2.28. The molecule has 8 heteroatoms. The van der Waals surface area contributed by atoms with E-state index in [9.17, 15) is 13.2 Å². The highest BCUT2D eigenvalue weighted by molar-refractivity contribution is 7.90. The fourth-order valence-corrected chi connectivity index (χ4v) is 3.93. The largest absolute Gasteiger partial charge is 0.305 e. The molecule has 1 aliphatic heterocycles. The second kappa shape index (κ2) is 5.66. The lowest BCUT2D eigenvalue weighted by molar-refractivity contribution is 0.0982. The first kappa shape index (κ1) is 15.8. The number of amides is 1. The zero-order valence-corrected chi connectivity index (χ0v) is 14.4. The van der Waals surface area contributed by atoms with Crippen LogP contribution in [0.2, 0.25) is 0 Å². The second-order valence-electron chi connectivity index (χ2n) is 6.00. The minimum Gasteiger partial charge on any atom is -0.305 e. The van der Waals surface area contributed by atoms with Crippen molar-refractivity contribution in [3.8, 4) is 0 Å². The summed E-state index contributed by atoms with van der Waals surface area (Å²) in [5, 5.41) is -0.130. The molecule has 0 atom stereocenters. The molecule has 4 heterocycles. The van der Waals surface area contributed by atoms with E-state index in [-0.39, 0.29) is 16.8 Å². The van der Waals surface area contributed by atoms with Gasteiger partial charge in [0.1, 0.15) is 0 Å². The van der Waals surface area contributed by atoms with Gasteiger partial charge in [-0.05, 0) is 37.1 Å². The number of imidazole rings is 1. The van der Waals surface area contributed by atoms with E-state index in [4.69, 9.17) is 0 Å². The van der Waals surface area contributed by atoms with E-state index in [1.165, 1.54) is 4.40 Å². The van der Waals surface area contributed by atoms with Crippen LogP contribution in [0.25, 0.3) is 5.52 Å². The van der Waals surface area contributed by atoms with E-state index in [1.807, 2.05) is 6.07 Å². The molecule has 0 aliphatic carbocycles. The molecule has 0 aromatic carbocycles. The van der Waals surface area contributed by atoms with Crippen LogP contribution in [0.1, 0.15) is 22.6 Å². The lowest BCUT2D eigenvalue weighted by Crippen LogP contribution is -2.36. The molecule has 7 nitrogen and oxygen atoms in total. The van der Waals surface area contributed by atoms with Gasteiger partial charge in [0.05, 0.1) is 16.9 Å². The molecular weight excluding hydrogens is 340 g/mol. The smallest absolute Gasteiger partial charge is 0.279 e. The molecule has 0 N–H and O–H groups in total. The Bertz CT molecular complexity index is 1090. The number of aromatic nitrogens is 3. The van der Waals surface area contributed by atoms with E-state index in [1.54, 1.807) is 41.6 Å². The number of carbonyl (C=O) groups is 1. The van der Waals surface area contributed by atoms with Crippen LogP contribution in [0.3, 0.4) is 0 Å². The molecule has 3 aromatic heterocycles. The molecule has 1 aliphatic rings. The Hall–Kier alpha value is -2.74. The molecule has 1 amide bonds. The molecule has 4 rings (SSSR count). The summed E-state index contributed by atoms with van der Waals surface area (Å²) in [6, 6.07) is 8.80. The maximum absolute atomic E-state index is 13.1. The lowest BCUT2D eigenvalue weighted by Gasteiger charge is -2.28. The topological polar surface area (TPSA) is 84.6 Å². The van der Waals surface area contributed by atoms with Crippen molar-refractivity contribution in [2.24, 2.45) is 0 Å². The Labute approximate surface area is 144 Å². The summed E-state index contributed by atoms with van der Waals surface area (Å²) < 4.78 is 25.5. The normalized spacial score (nSPS) is 14.5. The molecule has 0 bridgehead atoms. The van der Waals surface area contributed by atoms with Crippen molar-refractivity contribution in [3.05, 3.63) is 54.1 Å². The van der Waals surface area contributed by atoms with Crippen LogP contribution in [0, 0.1) is 0 Å². The minimum atomic E-state index is -3.56. The third-order valence-corrected chi connectivity index (χ3v) is 5.20. The molecular formula is C17H16N4O3S. The van der Waals surface area contributed by atoms with Gasteiger partial charge in [-0.15, -0.1) is 0 Å². The van der Waals surface area contributed by atoms with Crippen LogP contribution >= 0.6 is 0 Å². The summed E-state index contributed by atoms with van der Waals surface area (Å²) in [5.74, 6) is -0.312. The number of aryl methyl sites for hydroxylation is 1. The van der Waals surface area contributed by atoms with Crippen molar-refractivity contribution in [2.75, 3.05) is 17.7 Å². The summed E-state index contributed by atoms with van der Waals surface area (Å²) >= 11 is 0. The number of fused-ring (bicyclic) bond motifs is 2. The molecule has 0 spiro atoms. The van der Waals surface area contributed by atoms with Crippen LogP contribution < -0.4 is 4.90 Å². The number of anilines is 1. The summed E-state index contributed by atoms with van der Waals surface area (Å²) in [7, 11) is -3.56. The van der Waals surface area contributed by atoms with Gasteiger partial charge in [0.15, 0.2) is 5.69 Å². The molecule has 3 aromatic rings. The molecule has 0 unspecified atom stereocenters. The zero-order chi connectivity index (χ0) is 17.6. The molecule has 128 valence electrons. The first-order valence-electron chi connectivity index (χ1n) is 7.90. The third kappa shape index (κ3) is 2.58. The van der Waals surface area contributed by atoms with Gasteiger partial charge in [-0.25, -0.2) is 13.4 Å². The number of hydrogen-bond donors (Lipinski definition) is 0. The van der Waals surface area contributed by atoms with Crippen molar-refractivity contribution in [1.82, 2.24) is 14.4 Å². The third-order valence-electron chi connectivity index (χ3n) is 4.25. The predicted octanol–water partition coefficient (Wildman–Crippen LogP) is 1.73. The number of carbonyl (C=O) groups excluding carboxylic acids is 1. The number of sulfone groups is 1. The number of nitrogens with zero attached hydrogens (tertiary/aromatic N) is 4. The van der Waals surface area contributed by atoms with Gasteiger partial charge in [0.2, 0.25) is 15.0 Å². The fraction of sp³-hybridized carbons (Fsp3) is 0.235. The van der Waals surface area contributed by atoms with E-state index >= 15 is 0 Å². The lowest BCUT2D eigenvalue weighted by atomic mass is 10.1. The van der Waals surface area contributed by atoms with Crippen molar-refractivity contribution in [1.29, 1.82) is 0 Å². The SMILES string of the molecule is CS(=O)(=O)c1nc(C(=O)N2CCCc3ncccc32)c2ccccn12. The summed E-state index contributed by atoms with van der Waals surface area (Å²) in [4.78, 5) is 23.3. The Morgan fingerprint density at radius 2 is 2.04 bits per heavy atom. The van der Waals surface area contributed by atoms with Crippen molar-refractivity contribution in [2.45, 2.75) is 18.0 Å². The van der Waals surface area contributed by atoms with Gasteiger partial charge in [-0.1, -0.05) is 6.07 Å². The summed E-state index contributed by atoms with van der Waals surface area (Å²) in [6.45, 7) is 0.553. The summed E-state index contributed by atoms with van der Waals surface area (Å²) in [5.41, 5.74) is 2.24. The average molecular weight is 356 g/mol. The van der Waals surface area contributed by atoms with Gasteiger partial charge in [0.25, 0.3) is 5.91 Å². The molecule has 25 heavy (non-hydrogen) atoms. The van der Waals surface area contributed by atoms with Crippen LogP contribution in [0.4, 0.5) is 5.69 Å². The Kier molecular flexibility index (Phi) is 3.57. The first-order valence-corrected chi connectivity index (χ1v) is 9.79. The number of rotatable bonds is 2. The van der Waals surface area contributed by atoms with E-state index < -0.39 is 9.84 Å². The minimum absolute atomic E-state index is 0.130. The maximum Gasteiger partial charge on any atom is 0.279 e. The first-order chi connectivity index (χ1) is 12.0. The summed E-state index contributed by atoms with van der Waals surface area (Å²) in [6.07, 6.45) is 6.02. The number of hydrogen-bond acceptors (Lipinski definition) is 5. The standard InChI is InChI=1S/C17H16N4O3S/c1-25(23,24)17-19-15(14-7-2-3-10-21(14)17)16(22)20-11-5-6-12-13(20)8-4-9-18-12/h2-4,7-10H,5-6,11H2,1H3. The highest BCUT2D eigenvalue weighted by Gasteiger charge is 2.29.